The minimum absolute atomic E-state index is 0.151. The average Bonchev–Trinajstić information content (AvgIpc) is 2.60. The summed E-state index contributed by atoms with van der Waals surface area (Å²) in [4.78, 5) is 3.73. The first-order valence-corrected chi connectivity index (χ1v) is 7.44. The molecule has 1 saturated heterocycles. The van der Waals surface area contributed by atoms with Gasteiger partial charge in [0.25, 0.3) is 0 Å². The fourth-order valence-electron chi connectivity index (χ4n) is 2.18. The van der Waals surface area contributed by atoms with Crippen LogP contribution in [0.1, 0.15) is 25.7 Å². The molecule has 1 aromatic rings. The number of halogens is 1. The van der Waals surface area contributed by atoms with Crippen LogP contribution in [-0.2, 0) is 0 Å². The molecule has 2 rings (SSSR count). The molecular formula is C14H20FNS. The molecule has 0 amide bonds. The number of benzene rings is 1. The number of hydrogen-bond acceptors (Lipinski definition) is 2. The predicted octanol–water partition coefficient (Wildman–Crippen LogP) is 3.79. The topological polar surface area (TPSA) is 3.24 Å². The number of nitrogens with zero attached hydrogens (tertiary/aromatic N) is 1. The third kappa shape index (κ3) is 4.68. The van der Waals surface area contributed by atoms with E-state index in [0.29, 0.717) is 0 Å². The first-order valence-electron chi connectivity index (χ1n) is 6.45. The Morgan fingerprint density at radius 1 is 1.00 bits per heavy atom. The number of thioether (sulfide) groups is 1. The van der Waals surface area contributed by atoms with Gasteiger partial charge in [0.05, 0.1) is 0 Å². The van der Waals surface area contributed by atoms with Crippen molar-refractivity contribution in [2.45, 2.75) is 30.6 Å². The third-order valence-corrected chi connectivity index (χ3v) is 4.18. The minimum Gasteiger partial charge on any atom is -0.303 e. The van der Waals surface area contributed by atoms with E-state index in [0.717, 1.165) is 12.3 Å². The van der Waals surface area contributed by atoms with Gasteiger partial charge in [0.15, 0.2) is 0 Å². The molecule has 1 aromatic carbocycles. The van der Waals surface area contributed by atoms with E-state index < -0.39 is 0 Å². The Morgan fingerprint density at radius 3 is 2.29 bits per heavy atom. The van der Waals surface area contributed by atoms with Crippen molar-refractivity contribution >= 4 is 11.8 Å². The Kier molecular flexibility index (Phi) is 5.33. The van der Waals surface area contributed by atoms with Crippen molar-refractivity contribution in [1.82, 2.24) is 4.90 Å². The molecule has 0 bridgehead atoms. The van der Waals surface area contributed by atoms with Crippen molar-refractivity contribution in [3.8, 4) is 0 Å². The van der Waals surface area contributed by atoms with Crippen molar-refractivity contribution < 1.29 is 4.39 Å². The second-order valence-electron chi connectivity index (χ2n) is 4.56. The Hall–Kier alpha value is -0.540. The first-order chi connectivity index (χ1) is 8.34. The Balaban J connectivity index is 1.69. The zero-order valence-corrected chi connectivity index (χ0v) is 11.0. The van der Waals surface area contributed by atoms with Gasteiger partial charge in [-0.2, -0.15) is 0 Å². The average molecular weight is 253 g/mol. The molecule has 1 fully saturated rings. The van der Waals surface area contributed by atoms with Crippen LogP contribution in [0.15, 0.2) is 29.2 Å². The summed E-state index contributed by atoms with van der Waals surface area (Å²) in [5.41, 5.74) is 0. The van der Waals surface area contributed by atoms with E-state index in [1.165, 1.54) is 55.8 Å². The lowest BCUT2D eigenvalue weighted by Gasteiger charge is -2.19. The van der Waals surface area contributed by atoms with E-state index in [2.05, 4.69) is 4.90 Å². The zero-order chi connectivity index (χ0) is 11.9. The number of likely N-dealkylation sites (tertiary alicyclic amines) is 1. The van der Waals surface area contributed by atoms with Gasteiger partial charge in [-0.05, 0) is 50.2 Å². The molecule has 0 aliphatic carbocycles. The van der Waals surface area contributed by atoms with E-state index in [1.807, 2.05) is 23.9 Å². The molecule has 0 unspecified atom stereocenters. The summed E-state index contributed by atoms with van der Waals surface area (Å²) >= 11 is 1.82. The summed E-state index contributed by atoms with van der Waals surface area (Å²) in [6.07, 6.45) is 5.48. The number of rotatable bonds is 4. The minimum atomic E-state index is -0.151. The second kappa shape index (κ2) is 7.02. The van der Waals surface area contributed by atoms with Crippen molar-refractivity contribution in [1.29, 1.82) is 0 Å². The van der Waals surface area contributed by atoms with Gasteiger partial charge in [0.2, 0.25) is 0 Å². The molecular weight excluding hydrogens is 233 g/mol. The standard InChI is InChI=1S/C14H20FNS/c15-13-5-7-14(8-6-13)17-12-11-16-9-3-1-2-4-10-16/h5-8H,1-4,9-12H2. The zero-order valence-electron chi connectivity index (χ0n) is 10.2. The second-order valence-corrected chi connectivity index (χ2v) is 5.73. The van der Waals surface area contributed by atoms with E-state index in [9.17, 15) is 4.39 Å². The van der Waals surface area contributed by atoms with Gasteiger partial charge < -0.3 is 4.90 Å². The van der Waals surface area contributed by atoms with Gasteiger partial charge in [-0.15, -0.1) is 11.8 Å². The molecule has 0 radical (unpaired) electrons. The fourth-order valence-corrected chi connectivity index (χ4v) is 3.10. The molecule has 0 N–H and O–H groups in total. The van der Waals surface area contributed by atoms with Crippen molar-refractivity contribution in [3.05, 3.63) is 30.1 Å². The third-order valence-electron chi connectivity index (χ3n) is 3.19. The summed E-state index contributed by atoms with van der Waals surface area (Å²) < 4.78 is 12.7. The molecule has 1 aliphatic heterocycles. The van der Waals surface area contributed by atoms with Gasteiger partial charge in [-0.1, -0.05) is 12.8 Å². The smallest absolute Gasteiger partial charge is 0.123 e. The molecule has 0 aromatic heterocycles. The predicted molar refractivity (Wildman–Crippen MR) is 72.0 cm³/mol. The van der Waals surface area contributed by atoms with Gasteiger partial charge in [-0.25, -0.2) is 4.39 Å². The van der Waals surface area contributed by atoms with Gasteiger partial charge in [0, 0.05) is 17.2 Å². The van der Waals surface area contributed by atoms with Crippen molar-refractivity contribution in [2.24, 2.45) is 0 Å². The molecule has 3 heteroatoms. The lowest BCUT2D eigenvalue weighted by Crippen LogP contribution is -2.26. The van der Waals surface area contributed by atoms with Gasteiger partial charge >= 0.3 is 0 Å². The van der Waals surface area contributed by atoms with Gasteiger partial charge in [0.1, 0.15) is 5.82 Å². The lowest BCUT2D eigenvalue weighted by atomic mass is 10.2. The normalized spacial score (nSPS) is 17.9. The van der Waals surface area contributed by atoms with Crippen molar-refractivity contribution in [2.75, 3.05) is 25.4 Å². The maximum Gasteiger partial charge on any atom is 0.123 e. The highest BCUT2D eigenvalue weighted by molar-refractivity contribution is 7.99. The van der Waals surface area contributed by atoms with E-state index >= 15 is 0 Å². The highest BCUT2D eigenvalue weighted by Crippen LogP contribution is 2.18. The molecule has 1 heterocycles. The Bertz CT molecular complexity index is 317. The summed E-state index contributed by atoms with van der Waals surface area (Å²) in [5, 5.41) is 0. The molecule has 0 atom stereocenters. The summed E-state index contributed by atoms with van der Waals surface area (Å²) in [6, 6.07) is 6.80. The van der Waals surface area contributed by atoms with Crippen LogP contribution in [0.5, 0.6) is 0 Å². The van der Waals surface area contributed by atoms with Crippen LogP contribution in [0.4, 0.5) is 4.39 Å². The van der Waals surface area contributed by atoms with Crippen molar-refractivity contribution in [3.63, 3.8) is 0 Å². The largest absolute Gasteiger partial charge is 0.303 e. The summed E-state index contributed by atoms with van der Waals surface area (Å²) in [6.45, 7) is 3.66. The Labute approximate surface area is 107 Å². The Morgan fingerprint density at radius 2 is 1.65 bits per heavy atom. The molecule has 1 nitrogen and oxygen atoms in total. The highest BCUT2D eigenvalue weighted by Gasteiger charge is 2.08. The first kappa shape index (κ1) is 12.9. The molecule has 0 saturated carbocycles. The van der Waals surface area contributed by atoms with Crippen LogP contribution in [0.3, 0.4) is 0 Å². The molecule has 17 heavy (non-hydrogen) atoms. The maximum atomic E-state index is 12.7. The number of hydrogen-bond donors (Lipinski definition) is 0. The van der Waals surface area contributed by atoms with Gasteiger partial charge in [-0.3, -0.25) is 0 Å². The monoisotopic (exact) mass is 253 g/mol. The molecule has 1 aliphatic rings. The van der Waals surface area contributed by atoms with Crippen LogP contribution in [0.25, 0.3) is 0 Å². The highest BCUT2D eigenvalue weighted by atomic mass is 32.2. The maximum absolute atomic E-state index is 12.7. The lowest BCUT2D eigenvalue weighted by molar-refractivity contribution is 0.303. The van der Waals surface area contributed by atoms with E-state index in [4.69, 9.17) is 0 Å². The summed E-state index contributed by atoms with van der Waals surface area (Å²) in [5.74, 6) is 0.952. The SMILES string of the molecule is Fc1ccc(SCCN2CCCCCC2)cc1. The van der Waals surface area contributed by atoms with Crippen LogP contribution in [0.2, 0.25) is 0 Å². The summed E-state index contributed by atoms with van der Waals surface area (Å²) in [7, 11) is 0. The van der Waals surface area contributed by atoms with Crippen LogP contribution >= 0.6 is 11.8 Å². The van der Waals surface area contributed by atoms with E-state index in [-0.39, 0.29) is 5.82 Å². The molecule has 94 valence electrons. The quantitative estimate of drug-likeness (QED) is 0.751. The van der Waals surface area contributed by atoms with Crippen LogP contribution < -0.4 is 0 Å². The van der Waals surface area contributed by atoms with E-state index in [1.54, 1.807) is 0 Å². The van der Waals surface area contributed by atoms with Crippen LogP contribution in [0, 0.1) is 5.82 Å². The van der Waals surface area contributed by atoms with Crippen LogP contribution in [-0.4, -0.2) is 30.3 Å². The fraction of sp³-hybridized carbons (Fsp3) is 0.571. The molecule has 0 spiro atoms.